The number of para-hydroxylation sites is 2. The van der Waals surface area contributed by atoms with Crippen LogP contribution in [0.4, 0.5) is 0 Å². The Hall–Kier alpha value is -3.48. The van der Waals surface area contributed by atoms with Crippen LogP contribution in [0, 0.1) is 6.92 Å². The Kier molecular flexibility index (Phi) is 7.92. The van der Waals surface area contributed by atoms with Gasteiger partial charge in [0.05, 0.1) is 13.7 Å². The lowest BCUT2D eigenvalue weighted by atomic mass is 10.1. The van der Waals surface area contributed by atoms with Gasteiger partial charge in [0.15, 0.2) is 17.5 Å². The van der Waals surface area contributed by atoms with E-state index >= 15 is 0 Å². The van der Waals surface area contributed by atoms with E-state index in [1.54, 1.807) is 14.2 Å². The maximum atomic E-state index is 5.99. The van der Waals surface area contributed by atoms with Crippen molar-refractivity contribution in [1.82, 2.24) is 20.2 Å². The monoisotopic (exact) mass is 421 g/mol. The molecular formula is C24H31N5O2. The van der Waals surface area contributed by atoms with Crippen LogP contribution in [0.25, 0.3) is 0 Å². The van der Waals surface area contributed by atoms with Crippen LogP contribution in [0.15, 0.2) is 65.9 Å². The average Bonchev–Trinajstić information content (AvgIpc) is 3.18. The van der Waals surface area contributed by atoms with Crippen LogP contribution in [-0.4, -0.2) is 42.3 Å². The SMILES string of the molecule is CN=C(NCc1cccc(Cn2ccnc2C)c1)NCC(C)Oc1ccccc1OC. The number of aromatic nitrogens is 2. The Balaban J connectivity index is 1.49. The summed E-state index contributed by atoms with van der Waals surface area (Å²) < 4.78 is 13.5. The van der Waals surface area contributed by atoms with E-state index in [-0.39, 0.29) is 6.10 Å². The number of rotatable bonds is 9. The first kappa shape index (κ1) is 22.2. The van der Waals surface area contributed by atoms with Gasteiger partial charge < -0.3 is 24.7 Å². The molecule has 2 N–H and O–H groups in total. The largest absolute Gasteiger partial charge is 0.493 e. The number of methoxy groups -OCH3 is 1. The Morgan fingerprint density at radius 1 is 1.10 bits per heavy atom. The minimum Gasteiger partial charge on any atom is -0.493 e. The molecule has 0 bridgehead atoms. The highest BCUT2D eigenvalue weighted by molar-refractivity contribution is 5.79. The van der Waals surface area contributed by atoms with Gasteiger partial charge in [0.25, 0.3) is 0 Å². The van der Waals surface area contributed by atoms with Crippen molar-refractivity contribution in [3.63, 3.8) is 0 Å². The summed E-state index contributed by atoms with van der Waals surface area (Å²) in [5, 5.41) is 6.68. The zero-order valence-electron chi connectivity index (χ0n) is 18.6. The summed E-state index contributed by atoms with van der Waals surface area (Å²) >= 11 is 0. The van der Waals surface area contributed by atoms with Crippen LogP contribution in [0.5, 0.6) is 11.5 Å². The standard InChI is InChI=1S/C24H31N5O2/c1-18(31-23-11-6-5-10-22(23)30-4)15-27-24(25-3)28-16-20-8-7-9-21(14-20)17-29-13-12-26-19(29)2/h5-14,18H,15-17H2,1-4H3,(H2,25,27,28). The Morgan fingerprint density at radius 3 is 2.58 bits per heavy atom. The lowest BCUT2D eigenvalue weighted by Crippen LogP contribution is -2.41. The van der Waals surface area contributed by atoms with Crippen molar-refractivity contribution < 1.29 is 9.47 Å². The molecule has 164 valence electrons. The molecule has 7 nitrogen and oxygen atoms in total. The fourth-order valence-corrected chi connectivity index (χ4v) is 3.23. The molecule has 0 aliphatic rings. The van der Waals surface area contributed by atoms with Crippen molar-refractivity contribution in [2.75, 3.05) is 20.7 Å². The number of hydrogen-bond acceptors (Lipinski definition) is 4. The number of benzene rings is 2. The van der Waals surface area contributed by atoms with E-state index in [0.29, 0.717) is 13.1 Å². The average molecular weight is 422 g/mol. The van der Waals surface area contributed by atoms with Crippen LogP contribution in [0.2, 0.25) is 0 Å². The minimum atomic E-state index is -0.0587. The van der Waals surface area contributed by atoms with Gasteiger partial charge in [-0.05, 0) is 37.1 Å². The van der Waals surface area contributed by atoms with E-state index in [1.807, 2.05) is 50.5 Å². The maximum Gasteiger partial charge on any atom is 0.191 e. The zero-order chi connectivity index (χ0) is 22.1. The molecule has 1 atom stereocenters. The van der Waals surface area contributed by atoms with Crippen molar-refractivity contribution in [1.29, 1.82) is 0 Å². The molecule has 0 radical (unpaired) electrons. The minimum absolute atomic E-state index is 0.0587. The number of hydrogen-bond donors (Lipinski definition) is 2. The number of guanidine groups is 1. The second-order valence-corrected chi connectivity index (χ2v) is 7.31. The smallest absolute Gasteiger partial charge is 0.191 e. The molecule has 0 amide bonds. The second kappa shape index (κ2) is 11.1. The maximum absolute atomic E-state index is 5.99. The number of nitrogens with one attached hydrogen (secondary N) is 2. The first-order valence-corrected chi connectivity index (χ1v) is 10.4. The van der Waals surface area contributed by atoms with Gasteiger partial charge in [-0.25, -0.2) is 4.98 Å². The van der Waals surface area contributed by atoms with Gasteiger partial charge in [-0.2, -0.15) is 0 Å². The van der Waals surface area contributed by atoms with Gasteiger partial charge in [-0.15, -0.1) is 0 Å². The van der Waals surface area contributed by atoms with Crippen LogP contribution in [-0.2, 0) is 13.1 Å². The van der Waals surface area contributed by atoms with Gasteiger partial charge in [-0.3, -0.25) is 4.99 Å². The third-order valence-corrected chi connectivity index (χ3v) is 4.91. The summed E-state index contributed by atoms with van der Waals surface area (Å²) in [5.41, 5.74) is 2.43. The molecule has 0 aliphatic carbocycles. The van der Waals surface area contributed by atoms with E-state index < -0.39 is 0 Å². The number of aryl methyl sites for hydroxylation is 1. The van der Waals surface area contributed by atoms with E-state index in [1.165, 1.54) is 11.1 Å². The zero-order valence-corrected chi connectivity index (χ0v) is 18.6. The van der Waals surface area contributed by atoms with Crippen LogP contribution < -0.4 is 20.1 Å². The summed E-state index contributed by atoms with van der Waals surface area (Å²) in [5.74, 6) is 3.19. The molecule has 0 saturated carbocycles. The van der Waals surface area contributed by atoms with Gasteiger partial charge >= 0.3 is 0 Å². The van der Waals surface area contributed by atoms with Gasteiger partial charge in [0.1, 0.15) is 11.9 Å². The Morgan fingerprint density at radius 2 is 1.87 bits per heavy atom. The molecule has 1 unspecified atom stereocenters. The first-order chi connectivity index (χ1) is 15.1. The van der Waals surface area contributed by atoms with Gasteiger partial charge in [0, 0.05) is 32.5 Å². The lowest BCUT2D eigenvalue weighted by Gasteiger charge is -2.19. The predicted molar refractivity (Wildman–Crippen MR) is 124 cm³/mol. The van der Waals surface area contributed by atoms with E-state index in [4.69, 9.17) is 9.47 Å². The molecule has 0 fully saturated rings. The third-order valence-electron chi connectivity index (χ3n) is 4.91. The molecule has 1 heterocycles. The molecule has 0 saturated heterocycles. The molecule has 2 aromatic carbocycles. The summed E-state index contributed by atoms with van der Waals surface area (Å²) in [6, 6.07) is 16.2. The van der Waals surface area contributed by atoms with Crippen molar-refractivity contribution in [2.24, 2.45) is 4.99 Å². The van der Waals surface area contributed by atoms with E-state index in [0.717, 1.165) is 29.8 Å². The Bertz CT molecular complexity index is 999. The molecule has 3 rings (SSSR count). The van der Waals surface area contributed by atoms with Crippen LogP contribution in [0.1, 0.15) is 23.9 Å². The molecule has 0 spiro atoms. The lowest BCUT2D eigenvalue weighted by molar-refractivity contribution is 0.213. The molecule has 0 aliphatic heterocycles. The van der Waals surface area contributed by atoms with Gasteiger partial charge in [-0.1, -0.05) is 36.4 Å². The highest BCUT2D eigenvalue weighted by Gasteiger charge is 2.09. The van der Waals surface area contributed by atoms with Gasteiger partial charge in [0.2, 0.25) is 0 Å². The number of imidazole rings is 1. The van der Waals surface area contributed by atoms with Crippen LogP contribution in [0.3, 0.4) is 0 Å². The number of nitrogens with zero attached hydrogens (tertiary/aromatic N) is 3. The second-order valence-electron chi connectivity index (χ2n) is 7.31. The fourth-order valence-electron chi connectivity index (χ4n) is 3.23. The molecule has 7 heteroatoms. The number of aliphatic imine (C=N–C) groups is 1. The molecule has 3 aromatic rings. The Labute approximate surface area is 184 Å². The summed E-state index contributed by atoms with van der Waals surface area (Å²) in [7, 11) is 3.40. The van der Waals surface area contributed by atoms with Crippen molar-refractivity contribution >= 4 is 5.96 Å². The third kappa shape index (κ3) is 6.50. The molecule has 1 aromatic heterocycles. The molecule has 31 heavy (non-hydrogen) atoms. The quantitative estimate of drug-likeness (QED) is 0.409. The fraction of sp³-hybridized carbons (Fsp3) is 0.333. The summed E-state index contributed by atoms with van der Waals surface area (Å²) in [4.78, 5) is 8.60. The van der Waals surface area contributed by atoms with Crippen molar-refractivity contribution in [3.05, 3.63) is 77.9 Å². The normalized spacial score (nSPS) is 12.3. The summed E-state index contributed by atoms with van der Waals surface area (Å²) in [6.07, 6.45) is 3.77. The van der Waals surface area contributed by atoms with E-state index in [2.05, 4.69) is 49.4 Å². The highest BCUT2D eigenvalue weighted by atomic mass is 16.5. The first-order valence-electron chi connectivity index (χ1n) is 10.4. The predicted octanol–water partition coefficient (Wildman–Crippen LogP) is 3.38. The highest BCUT2D eigenvalue weighted by Crippen LogP contribution is 2.26. The molecular weight excluding hydrogens is 390 g/mol. The summed E-state index contributed by atoms with van der Waals surface area (Å²) in [6.45, 7) is 6.12. The van der Waals surface area contributed by atoms with Crippen molar-refractivity contribution in [2.45, 2.75) is 33.0 Å². The van der Waals surface area contributed by atoms with Crippen molar-refractivity contribution in [3.8, 4) is 11.5 Å². The van der Waals surface area contributed by atoms with E-state index in [9.17, 15) is 0 Å². The van der Waals surface area contributed by atoms with Crippen LogP contribution >= 0.6 is 0 Å². The number of ether oxygens (including phenoxy) is 2. The topological polar surface area (TPSA) is 72.7 Å².